The van der Waals surface area contributed by atoms with Crippen molar-refractivity contribution in [1.82, 2.24) is 10.2 Å². The van der Waals surface area contributed by atoms with E-state index in [2.05, 4.69) is 31.0 Å². The maximum Gasteiger partial charge on any atom is 0.00533 e. The zero-order chi connectivity index (χ0) is 11.6. The summed E-state index contributed by atoms with van der Waals surface area (Å²) < 4.78 is 0. The molecular weight excluding hydrogens is 196 g/mol. The first-order chi connectivity index (χ1) is 7.65. The molecule has 0 amide bonds. The standard InChI is InChI=1S/C14H28N2/c1-4-14(7-8-15-10-14)11-16(12(2)3)9-13-5-6-13/h12-13,15H,4-11H2,1-3H3. The van der Waals surface area contributed by atoms with Crippen molar-refractivity contribution >= 4 is 0 Å². The molecule has 2 fully saturated rings. The fourth-order valence-electron chi connectivity index (χ4n) is 2.86. The summed E-state index contributed by atoms with van der Waals surface area (Å²) >= 11 is 0. The zero-order valence-electron chi connectivity index (χ0n) is 11.3. The second-order valence-corrected chi connectivity index (χ2v) is 6.25. The minimum absolute atomic E-state index is 0.569. The van der Waals surface area contributed by atoms with Crippen LogP contribution in [0.15, 0.2) is 0 Å². The normalized spacial score (nSPS) is 30.6. The number of hydrogen-bond donors (Lipinski definition) is 1. The molecule has 2 aliphatic rings. The lowest BCUT2D eigenvalue weighted by molar-refractivity contribution is 0.124. The van der Waals surface area contributed by atoms with Gasteiger partial charge in [0.15, 0.2) is 0 Å². The van der Waals surface area contributed by atoms with Crippen LogP contribution in [0.2, 0.25) is 0 Å². The second kappa shape index (κ2) is 5.05. The predicted molar refractivity (Wildman–Crippen MR) is 69.6 cm³/mol. The molecule has 1 heterocycles. The van der Waals surface area contributed by atoms with Crippen molar-refractivity contribution in [3.8, 4) is 0 Å². The summed E-state index contributed by atoms with van der Waals surface area (Å²) in [6.07, 6.45) is 5.65. The first-order valence-electron chi connectivity index (χ1n) is 7.10. The van der Waals surface area contributed by atoms with Crippen molar-refractivity contribution in [1.29, 1.82) is 0 Å². The summed E-state index contributed by atoms with van der Waals surface area (Å²) in [4.78, 5) is 2.73. The smallest absolute Gasteiger partial charge is 0.00533 e. The summed E-state index contributed by atoms with van der Waals surface area (Å²) in [5.41, 5.74) is 0.569. The minimum atomic E-state index is 0.569. The number of hydrogen-bond acceptors (Lipinski definition) is 2. The lowest BCUT2D eigenvalue weighted by atomic mass is 9.83. The van der Waals surface area contributed by atoms with E-state index in [0.29, 0.717) is 11.5 Å². The van der Waals surface area contributed by atoms with E-state index >= 15 is 0 Å². The van der Waals surface area contributed by atoms with E-state index in [4.69, 9.17) is 0 Å². The summed E-state index contributed by atoms with van der Waals surface area (Å²) in [5, 5.41) is 3.55. The van der Waals surface area contributed by atoms with Gasteiger partial charge in [-0.15, -0.1) is 0 Å². The molecule has 1 saturated carbocycles. The Morgan fingerprint density at radius 1 is 1.38 bits per heavy atom. The van der Waals surface area contributed by atoms with Crippen molar-refractivity contribution in [2.45, 2.75) is 52.5 Å². The molecule has 0 radical (unpaired) electrons. The van der Waals surface area contributed by atoms with Crippen LogP contribution >= 0.6 is 0 Å². The molecule has 2 rings (SSSR count). The molecule has 1 aliphatic heterocycles. The van der Waals surface area contributed by atoms with Gasteiger partial charge >= 0.3 is 0 Å². The van der Waals surface area contributed by atoms with E-state index in [1.54, 1.807) is 0 Å². The van der Waals surface area contributed by atoms with Gasteiger partial charge in [0.1, 0.15) is 0 Å². The van der Waals surface area contributed by atoms with Crippen molar-refractivity contribution in [3.63, 3.8) is 0 Å². The van der Waals surface area contributed by atoms with Crippen molar-refractivity contribution in [2.24, 2.45) is 11.3 Å². The average Bonchev–Trinajstić information content (AvgIpc) is 2.95. The van der Waals surface area contributed by atoms with E-state index < -0.39 is 0 Å². The Labute approximate surface area is 101 Å². The maximum absolute atomic E-state index is 3.55. The third-order valence-electron chi connectivity index (χ3n) is 4.54. The quantitative estimate of drug-likeness (QED) is 0.746. The van der Waals surface area contributed by atoms with Gasteiger partial charge in [-0.3, -0.25) is 0 Å². The molecule has 0 aromatic heterocycles. The highest BCUT2D eigenvalue weighted by atomic mass is 15.2. The van der Waals surface area contributed by atoms with Crippen LogP contribution in [0.4, 0.5) is 0 Å². The lowest BCUT2D eigenvalue weighted by Gasteiger charge is -2.36. The highest BCUT2D eigenvalue weighted by molar-refractivity contribution is 4.91. The molecule has 94 valence electrons. The predicted octanol–water partition coefficient (Wildman–Crippen LogP) is 2.50. The Morgan fingerprint density at radius 3 is 2.56 bits per heavy atom. The van der Waals surface area contributed by atoms with Gasteiger partial charge in [0, 0.05) is 25.7 Å². The van der Waals surface area contributed by atoms with Gasteiger partial charge in [0.2, 0.25) is 0 Å². The summed E-state index contributed by atoms with van der Waals surface area (Å²) in [6, 6.07) is 0.713. The Hall–Kier alpha value is -0.0800. The summed E-state index contributed by atoms with van der Waals surface area (Å²) in [6.45, 7) is 12.2. The molecule has 1 saturated heterocycles. The lowest BCUT2D eigenvalue weighted by Crippen LogP contribution is -2.43. The molecule has 2 heteroatoms. The fraction of sp³-hybridized carbons (Fsp3) is 1.00. The van der Waals surface area contributed by atoms with Crippen LogP contribution in [0, 0.1) is 11.3 Å². The molecular formula is C14H28N2. The molecule has 0 spiro atoms. The molecule has 1 atom stereocenters. The van der Waals surface area contributed by atoms with Gasteiger partial charge in [0.25, 0.3) is 0 Å². The van der Waals surface area contributed by atoms with Gasteiger partial charge in [-0.05, 0) is 57.4 Å². The van der Waals surface area contributed by atoms with Gasteiger partial charge in [0.05, 0.1) is 0 Å². The van der Waals surface area contributed by atoms with Gasteiger partial charge in [-0.2, -0.15) is 0 Å². The van der Waals surface area contributed by atoms with Crippen LogP contribution in [-0.4, -0.2) is 37.1 Å². The van der Waals surface area contributed by atoms with E-state index in [0.717, 1.165) is 5.92 Å². The van der Waals surface area contributed by atoms with Crippen LogP contribution in [0.25, 0.3) is 0 Å². The summed E-state index contributed by atoms with van der Waals surface area (Å²) in [7, 11) is 0. The first-order valence-corrected chi connectivity index (χ1v) is 7.10. The van der Waals surface area contributed by atoms with E-state index in [1.807, 2.05) is 0 Å². The second-order valence-electron chi connectivity index (χ2n) is 6.25. The molecule has 16 heavy (non-hydrogen) atoms. The number of nitrogens with zero attached hydrogens (tertiary/aromatic N) is 1. The monoisotopic (exact) mass is 224 g/mol. The van der Waals surface area contributed by atoms with E-state index in [-0.39, 0.29) is 0 Å². The molecule has 2 nitrogen and oxygen atoms in total. The topological polar surface area (TPSA) is 15.3 Å². The van der Waals surface area contributed by atoms with Crippen LogP contribution < -0.4 is 5.32 Å². The Balaban J connectivity index is 1.91. The van der Waals surface area contributed by atoms with Crippen LogP contribution in [0.3, 0.4) is 0 Å². The summed E-state index contributed by atoms with van der Waals surface area (Å²) in [5.74, 6) is 1.02. The minimum Gasteiger partial charge on any atom is -0.316 e. The van der Waals surface area contributed by atoms with Crippen molar-refractivity contribution in [2.75, 3.05) is 26.2 Å². The molecule has 1 aliphatic carbocycles. The molecule has 1 unspecified atom stereocenters. The van der Waals surface area contributed by atoms with E-state index in [9.17, 15) is 0 Å². The first kappa shape index (κ1) is 12.4. The van der Waals surface area contributed by atoms with Crippen LogP contribution in [-0.2, 0) is 0 Å². The number of rotatable bonds is 6. The highest BCUT2D eigenvalue weighted by Crippen LogP contribution is 2.34. The highest BCUT2D eigenvalue weighted by Gasteiger charge is 2.36. The largest absolute Gasteiger partial charge is 0.316 e. The maximum atomic E-state index is 3.55. The van der Waals surface area contributed by atoms with E-state index in [1.165, 1.54) is 51.9 Å². The van der Waals surface area contributed by atoms with Crippen molar-refractivity contribution in [3.05, 3.63) is 0 Å². The van der Waals surface area contributed by atoms with Crippen LogP contribution in [0.5, 0.6) is 0 Å². The third-order valence-corrected chi connectivity index (χ3v) is 4.54. The zero-order valence-corrected chi connectivity index (χ0v) is 11.3. The molecule has 0 aromatic rings. The molecule has 0 aromatic carbocycles. The molecule has 1 N–H and O–H groups in total. The Bertz CT molecular complexity index is 215. The number of nitrogens with one attached hydrogen (secondary N) is 1. The third kappa shape index (κ3) is 2.98. The fourth-order valence-corrected chi connectivity index (χ4v) is 2.86. The van der Waals surface area contributed by atoms with Gasteiger partial charge in [-0.25, -0.2) is 0 Å². The van der Waals surface area contributed by atoms with Crippen LogP contribution in [0.1, 0.15) is 46.5 Å². The van der Waals surface area contributed by atoms with Crippen molar-refractivity contribution < 1.29 is 0 Å². The van der Waals surface area contributed by atoms with Gasteiger partial charge in [-0.1, -0.05) is 6.92 Å². The van der Waals surface area contributed by atoms with Gasteiger partial charge < -0.3 is 10.2 Å². The average molecular weight is 224 g/mol. The SMILES string of the molecule is CCC1(CN(CC2CC2)C(C)C)CCNC1. The molecule has 0 bridgehead atoms. The Morgan fingerprint density at radius 2 is 2.12 bits per heavy atom. The Kier molecular flexibility index (Phi) is 3.91.